The largest absolute Gasteiger partial charge is 0.454 e. The zero-order valence-corrected chi connectivity index (χ0v) is 31.8. The van der Waals surface area contributed by atoms with Gasteiger partial charge in [-0.2, -0.15) is 0 Å². The number of furan rings is 1. The summed E-state index contributed by atoms with van der Waals surface area (Å²) in [6.07, 6.45) is 6.17. The van der Waals surface area contributed by atoms with Crippen LogP contribution in [0.4, 0.5) is 17.1 Å². The minimum absolute atomic E-state index is 0.0383. The fraction of sp³-hybridized carbons (Fsp3) is 0.111. The van der Waals surface area contributed by atoms with Gasteiger partial charge < -0.3 is 13.9 Å². The second kappa shape index (κ2) is 13.7. The van der Waals surface area contributed by atoms with E-state index in [1.54, 1.807) is 0 Å². The van der Waals surface area contributed by atoms with Gasteiger partial charge in [0, 0.05) is 44.0 Å². The van der Waals surface area contributed by atoms with Crippen LogP contribution in [0.1, 0.15) is 43.2 Å². The van der Waals surface area contributed by atoms with E-state index in [9.17, 15) is 0 Å². The maximum atomic E-state index is 6.66. The summed E-state index contributed by atoms with van der Waals surface area (Å²) in [5.41, 5.74) is 13.8. The summed E-state index contributed by atoms with van der Waals surface area (Å²) in [4.78, 5) is 2.37. The minimum Gasteiger partial charge on any atom is -0.454 e. The molecular formula is C54H42N2O. The molecule has 11 rings (SSSR count). The molecule has 0 N–H and O–H groups in total. The summed E-state index contributed by atoms with van der Waals surface area (Å²) in [5, 5.41) is 4.77. The summed E-state index contributed by atoms with van der Waals surface area (Å²) in [5.74, 6) is 0. The first-order chi connectivity index (χ1) is 28.2. The van der Waals surface area contributed by atoms with Crippen LogP contribution in [0.5, 0.6) is 0 Å². The molecule has 1 fully saturated rings. The molecule has 0 unspecified atom stereocenters. The molecule has 8 aromatic carbocycles. The van der Waals surface area contributed by atoms with Crippen molar-refractivity contribution in [2.45, 2.75) is 37.5 Å². The summed E-state index contributed by atoms with van der Waals surface area (Å²) >= 11 is 0. The van der Waals surface area contributed by atoms with E-state index in [0.29, 0.717) is 0 Å². The van der Waals surface area contributed by atoms with E-state index in [4.69, 9.17) is 4.42 Å². The van der Waals surface area contributed by atoms with E-state index < -0.39 is 0 Å². The number of rotatable bonds is 7. The normalized spacial score (nSPS) is 14.1. The molecule has 0 saturated heterocycles. The maximum absolute atomic E-state index is 6.66. The molecule has 274 valence electrons. The molecule has 3 nitrogen and oxygen atoms in total. The van der Waals surface area contributed by atoms with Crippen LogP contribution in [0, 0.1) is 0 Å². The van der Waals surface area contributed by atoms with Crippen molar-refractivity contribution in [1.29, 1.82) is 0 Å². The van der Waals surface area contributed by atoms with E-state index in [0.717, 1.165) is 44.7 Å². The Labute approximate surface area is 333 Å². The van der Waals surface area contributed by atoms with Crippen molar-refractivity contribution < 1.29 is 4.42 Å². The van der Waals surface area contributed by atoms with Crippen LogP contribution in [0.2, 0.25) is 0 Å². The lowest BCUT2D eigenvalue weighted by molar-refractivity contribution is 0.346. The van der Waals surface area contributed by atoms with Gasteiger partial charge in [-0.15, -0.1) is 0 Å². The molecule has 0 radical (unpaired) electrons. The van der Waals surface area contributed by atoms with E-state index in [-0.39, 0.29) is 5.41 Å². The molecule has 1 aliphatic rings. The van der Waals surface area contributed by atoms with E-state index in [1.165, 1.54) is 76.2 Å². The van der Waals surface area contributed by atoms with Gasteiger partial charge in [-0.05, 0) is 95.8 Å². The molecule has 3 heteroatoms. The number of nitrogens with zero attached hydrogens (tertiary/aromatic N) is 2. The minimum atomic E-state index is 0.0383. The third kappa shape index (κ3) is 5.57. The fourth-order valence-electron chi connectivity index (χ4n) is 9.73. The molecule has 2 heterocycles. The fourth-order valence-corrected chi connectivity index (χ4v) is 9.73. The number of aromatic nitrogens is 1. The Balaban J connectivity index is 1.04. The number of hydrogen-bond donors (Lipinski definition) is 0. The van der Waals surface area contributed by atoms with Gasteiger partial charge in [-0.3, -0.25) is 0 Å². The highest BCUT2D eigenvalue weighted by Crippen LogP contribution is 2.47. The Morgan fingerprint density at radius 2 is 1.04 bits per heavy atom. The lowest BCUT2D eigenvalue weighted by Gasteiger charge is -2.39. The molecule has 0 atom stereocenters. The van der Waals surface area contributed by atoms with Crippen molar-refractivity contribution in [1.82, 2.24) is 4.57 Å². The first-order valence-corrected chi connectivity index (χ1v) is 20.3. The van der Waals surface area contributed by atoms with Crippen LogP contribution < -0.4 is 4.90 Å². The van der Waals surface area contributed by atoms with Crippen LogP contribution >= 0.6 is 0 Å². The van der Waals surface area contributed by atoms with Crippen molar-refractivity contribution in [3.05, 3.63) is 205 Å². The topological polar surface area (TPSA) is 21.3 Å². The Kier molecular flexibility index (Phi) is 8.06. The SMILES string of the molecule is c1ccc(-n2c3ccccc3c3ccc(-c4ccc(N(c5ccc(C6(c7ccccc7)CCCCC6)cc5)c5cccc6c5oc5ccccc56)cc4)cc32)cc1. The van der Waals surface area contributed by atoms with Gasteiger partial charge in [0.25, 0.3) is 0 Å². The average molecular weight is 735 g/mol. The molecule has 0 bridgehead atoms. The predicted octanol–water partition coefficient (Wildman–Crippen LogP) is 15.1. The van der Waals surface area contributed by atoms with Gasteiger partial charge in [-0.25, -0.2) is 0 Å². The van der Waals surface area contributed by atoms with Gasteiger partial charge in [0.15, 0.2) is 5.58 Å². The molecule has 57 heavy (non-hydrogen) atoms. The first kappa shape index (κ1) is 33.5. The second-order valence-electron chi connectivity index (χ2n) is 15.6. The predicted molar refractivity (Wildman–Crippen MR) is 238 cm³/mol. The Morgan fingerprint density at radius 3 is 1.81 bits per heavy atom. The molecule has 1 aliphatic carbocycles. The Hall–Kier alpha value is -6.84. The summed E-state index contributed by atoms with van der Waals surface area (Å²) in [6.45, 7) is 0. The van der Waals surface area contributed by atoms with E-state index >= 15 is 0 Å². The first-order valence-electron chi connectivity index (χ1n) is 20.3. The second-order valence-corrected chi connectivity index (χ2v) is 15.6. The van der Waals surface area contributed by atoms with Crippen molar-refractivity contribution in [2.75, 3.05) is 4.90 Å². The standard InChI is InChI=1S/C54H42N2O/c1-4-15-40(16-5-1)54(35-12-3-13-36-54)41-28-32-44(33-29-41)55(50-23-14-21-48-47-20-9-11-24-52(47)57-53(48)50)43-30-25-38(26-31-43)39-27-34-46-45-19-8-10-22-49(45)56(51(46)37-39)42-17-6-2-7-18-42/h1-2,4-11,14-34,37H,3,12-13,35-36H2. The third-order valence-corrected chi connectivity index (χ3v) is 12.5. The molecule has 1 saturated carbocycles. The summed E-state index contributed by atoms with van der Waals surface area (Å²) in [7, 11) is 0. The van der Waals surface area contributed by atoms with Crippen molar-refractivity contribution in [3.63, 3.8) is 0 Å². The smallest absolute Gasteiger partial charge is 0.159 e. The number of para-hydroxylation sites is 4. The van der Waals surface area contributed by atoms with Crippen molar-refractivity contribution >= 4 is 60.8 Å². The highest BCUT2D eigenvalue weighted by atomic mass is 16.3. The van der Waals surface area contributed by atoms with Crippen molar-refractivity contribution in [3.8, 4) is 16.8 Å². The van der Waals surface area contributed by atoms with Gasteiger partial charge in [0.05, 0.1) is 16.7 Å². The molecule has 0 aliphatic heterocycles. The zero-order chi connectivity index (χ0) is 37.8. The van der Waals surface area contributed by atoms with Gasteiger partial charge in [0.1, 0.15) is 5.58 Å². The lowest BCUT2D eigenvalue weighted by atomic mass is 9.65. The van der Waals surface area contributed by atoms with Crippen LogP contribution in [0.25, 0.3) is 60.6 Å². The Bertz CT molecular complexity index is 3020. The molecule has 2 aromatic heterocycles. The number of hydrogen-bond acceptors (Lipinski definition) is 2. The van der Waals surface area contributed by atoms with Gasteiger partial charge in [0.2, 0.25) is 0 Å². The van der Waals surface area contributed by atoms with Gasteiger partial charge in [-0.1, -0.05) is 153 Å². The number of benzene rings is 8. The quantitative estimate of drug-likeness (QED) is 0.163. The number of fused-ring (bicyclic) bond motifs is 6. The van der Waals surface area contributed by atoms with E-state index in [2.05, 4.69) is 198 Å². The van der Waals surface area contributed by atoms with Crippen LogP contribution in [-0.2, 0) is 5.41 Å². The summed E-state index contributed by atoms with van der Waals surface area (Å²) < 4.78 is 9.05. The maximum Gasteiger partial charge on any atom is 0.159 e. The molecular weight excluding hydrogens is 693 g/mol. The third-order valence-electron chi connectivity index (χ3n) is 12.5. The average Bonchev–Trinajstić information content (AvgIpc) is 3.84. The van der Waals surface area contributed by atoms with Gasteiger partial charge >= 0.3 is 0 Å². The summed E-state index contributed by atoms with van der Waals surface area (Å²) in [6, 6.07) is 70.8. The molecule has 0 amide bonds. The van der Waals surface area contributed by atoms with Crippen molar-refractivity contribution in [2.24, 2.45) is 0 Å². The van der Waals surface area contributed by atoms with Crippen LogP contribution in [-0.4, -0.2) is 4.57 Å². The molecule has 0 spiro atoms. The highest BCUT2D eigenvalue weighted by Gasteiger charge is 2.35. The molecule has 10 aromatic rings. The van der Waals surface area contributed by atoms with Crippen LogP contribution in [0.3, 0.4) is 0 Å². The lowest BCUT2D eigenvalue weighted by Crippen LogP contribution is -2.30. The number of anilines is 3. The zero-order valence-electron chi connectivity index (χ0n) is 31.8. The Morgan fingerprint density at radius 1 is 0.439 bits per heavy atom. The van der Waals surface area contributed by atoms with E-state index in [1.807, 2.05) is 6.07 Å². The monoisotopic (exact) mass is 734 g/mol. The highest BCUT2D eigenvalue weighted by molar-refractivity contribution is 6.11. The van der Waals surface area contributed by atoms with Crippen LogP contribution in [0.15, 0.2) is 199 Å².